The van der Waals surface area contributed by atoms with Crippen molar-refractivity contribution in [2.45, 2.75) is 20.8 Å². The van der Waals surface area contributed by atoms with E-state index in [4.69, 9.17) is 0 Å². The largest absolute Gasteiger partial charge is 0.262 e. The number of rotatable bonds is 4. The van der Waals surface area contributed by atoms with Crippen molar-refractivity contribution in [2.75, 3.05) is 6.67 Å². The van der Waals surface area contributed by atoms with Gasteiger partial charge >= 0.3 is 0 Å². The van der Waals surface area contributed by atoms with E-state index in [9.17, 15) is 0 Å². The molecule has 0 N–H and O–H groups in total. The second-order valence-electron chi connectivity index (χ2n) is 3.61. The highest BCUT2D eigenvalue weighted by Crippen LogP contribution is 2.19. The molecule has 0 aromatic rings. The minimum absolute atomic E-state index is 0.282. The van der Waals surface area contributed by atoms with Crippen molar-refractivity contribution in [2.24, 2.45) is 16.0 Å². The molecular formula is C13H19N3. The maximum Gasteiger partial charge on any atom is 0.131 e. The second-order valence-corrected chi connectivity index (χ2v) is 3.61. The summed E-state index contributed by atoms with van der Waals surface area (Å²) in [5, 5.41) is 6.05. The minimum atomic E-state index is 0.282. The predicted octanol–water partition coefficient (Wildman–Crippen LogP) is 2.99. The molecule has 0 aromatic carbocycles. The maximum absolute atomic E-state index is 4.50. The molecule has 3 nitrogen and oxygen atoms in total. The van der Waals surface area contributed by atoms with Crippen molar-refractivity contribution < 1.29 is 0 Å². The molecular weight excluding hydrogens is 198 g/mol. The highest BCUT2D eigenvalue weighted by atomic mass is 15.5. The number of hydrazone groups is 1. The molecule has 1 unspecified atom stereocenters. The molecule has 0 aliphatic carbocycles. The molecule has 1 heterocycles. The van der Waals surface area contributed by atoms with Crippen LogP contribution >= 0.6 is 0 Å². The lowest BCUT2D eigenvalue weighted by atomic mass is 9.96. The molecule has 0 saturated heterocycles. The Morgan fingerprint density at radius 3 is 2.88 bits per heavy atom. The van der Waals surface area contributed by atoms with Crippen molar-refractivity contribution in [1.29, 1.82) is 0 Å². The summed E-state index contributed by atoms with van der Waals surface area (Å²) in [6.45, 7) is 10.4. The summed E-state index contributed by atoms with van der Waals surface area (Å²) in [5.74, 6) is 0.282. The van der Waals surface area contributed by atoms with Crippen molar-refractivity contribution in [3.63, 3.8) is 0 Å². The second kappa shape index (κ2) is 6.05. The van der Waals surface area contributed by atoms with Crippen LogP contribution in [0.15, 0.2) is 46.7 Å². The normalized spacial score (nSPS) is 18.8. The average molecular weight is 217 g/mol. The first kappa shape index (κ1) is 12.4. The lowest BCUT2D eigenvalue weighted by molar-refractivity contribution is 0.405. The molecule has 0 bridgehead atoms. The van der Waals surface area contributed by atoms with E-state index in [1.807, 2.05) is 43.3 Å². The first-order valence-corrected chi connectivity index (χ1v) is 5.50. The Balaban J connectivity index is 2.99. The number of nitrogens with zero attached hydrogens (tertiary/aromatic N) is 3. The zero-order chi connectivity index (χ0) is 12.0. The van der Waals surface area contributed by atoms with Crippen LogP contribution in [0.4, 0.5) is 0 Å². The van der Waals surface area contributed by atoms with Gasteiger partial charge in [0.2, 0.25) is 0 Å². The van der Waals surface area contributed by atoms with Crippen LogP contribution in [0, 0.1) is 5.92 Å². The summed E-state index contributed by atoms with van der Waals surface area (Å²) in [7, 11) is 0. The number of aliphatic imine (C=N–C) groups is 1. The van der Waals surface area contributed by atoms with Crippen LogP contribution in [0.1, 0.15) is 20.8 Å². The van der Waals surface area contributed by atoms with Gasteiger partial charge in [0, 0.05) is 23.9 Å². The standard InChI is InChI=1S/C13H19N3/c1-5-8-13-12(11(4)6-2)9-16(10-14-13)15-7-3/h5-9,11H,2,10H2,1,3-4H3/b8-5+,15-7-. The Morgan fingerprint density at radius 1 is 1.56 bits per heavy atom. The third kappa shape index (κ3) is 2.92. The molecule has 0 spiro atoms. The molecule has 0 fully saturated rings. The van der Waals surface area contributed by atoms with Gasteiger partial charge in [0.25, 0.3) is 0 Å². The molecule has 0 saturated carbocycles. The van der Waals surface area contributed by atoms with Crippen molar-refractivity contribution >= 4 is 11.9 Å². The molecule has 1 rings (SSSR count). The third-order valence-corrected chi connectivity index (χ3v) is 2.40. The first-order valence-electron chi connectivity index (χ1n) is 5.50. The SMILES string of the molecule is C=CC(C)C1=CN(/N=C\C)CN=C1/C=C/C. The van der Waals surface area contributed by atoms with Crippen LogP contribution in [-0.4, -0.2) is 23.6 Å². The average Bonchev–Trinajstić information content (AvgIpc) is 2.31. The Bertz CT molecular complexity index is 361. The molecule has 3 heteroatoms. The lowest BCUT2D eigenvalue weighted by Crippen LogP contribution is -2.22. The van der Waals surface area contributed by atoms with Gasteiger partial charge in [-0.3, -0.25) is 10.0 Å². The quantitative estimate of drug-likeness (QED) is 0.525. The van der Waals surface area contributed by atoms with Crippen molar-refractivity contribution in [1.82, 2.24) is 5.01 Å². The lowest BCUT2D eigenvalue weighted by Gasteiger charge is -2.22. The fourth-order valence-corrected chi connectivity index (χ4v) is 1.51. The molecule has 0 amide bonds. The zero-order valence-electron chi connectivity index (χ0n) is 10.2. The Labute approximate surface area is 97.6 Å². The minimum Gasteiger partial charge on any atom is -0.262 e. The van der Waals surface area contributed by atoms with E-state index < -0.39 is 0 Å². The predicted molar refractivity (Wildman–Crippen MR) is 70.6 cm³/mol. The summed E-state index contributed by atoms with van der Waals surface area (Å²) < 4.78 is 0. The van der Waals surface area contributed by atoms with Crippen LogP contribution in [-0.2, 0) is 0 Å². The summed E-state index contributed by atoms with van der Waals surface area (Å²) in [6.07, 6.45) is 9.75. The summed E-state index contributed by atoms with van der Waals surface area (Å²) in [6, 6.07) is 0. The van der Waals surface area contributed by atoms with Crippen molar-refractivity contribution in [3.8, 4) is 0 Å². The van der Waals surface area contributed by atoms with Gasteiger partial charge in [0.1, 0.15) is 6.67 Å². The monoisotopic (exact) mass is 217 g/mol. The summed E-state index contributed by atoms with van der Waals surface area (Å²) in [4.78, 5) is 4.50. The third-order valence-electron chi connectivity index (χ3n) is 2.40. The van der Waals surface area contributed by atoms with E-state index in [0.717, 1.165) is 11.3 Å². The van der Waals surface area contributed by atoms with Crippen LogP contribution < -0.4 is 0 Å². The molecule has 86 valence electrons. The molecule has 16 heavy (non-hydrogen) atoms. The number of allylic oxidation sites excluding steroid dienone is 4. The summed E-state index contributed by atoms with van der Waals surface area (Å²) in [5.41, 5.74) is 2.18. The Morgan fingerprint density at radius 2 is 2.31 bits per heavy atom. The summed E-state index contributed by atoms with van der Waals surface area (Å²) >= 11 is 0. The van der Waals surface area contributed by atoms with Gasteiger partial charge in [-0.1, -0.05) is 19.1 Å². The van der Waals surface area contributed by atoms with E-state index in [1.165, 1.54) is 0 Å². The Kier molecular flexibility index (Phi) is 4.70. The maximum atomic E-state index is 4.50. The molecule has 1 aliphatic heterocycles. The van der Waals surface area contributed by atoms with Gasteiger partial charge in [0.05, 0.1) is 5.71 Å². The van der Waals surface area contributed by atoms with Gasteiger partial charge in [-0.25, -0.2) is 0 Å². The highest BCUT2D eigenvalue weighted by Gasteiger charge is 2.15. The van der Waals surface area contributed by atoms with Crippen LogP contribution in [0.5, 0.6) is 0 Å². The topological polar surface area (TPSA) is 28.0 Å². The number of hydrogen-bond donors (Lipinski definition) is 0. The molecule has 0 radical (unpaired) electrons. The van der Waals surface area contributed by atoms with Crippen LogP contribution in [0.25, 0.3) is 0 Å². The van der Waals surface area contributed by atoms with Gasteiger partial charge in [-0.2, -0.15) is 5.10 Å². The highest BCUT2D eigenvalue weighted by molar-refractivity contribution is 6.09. The van der Waals surface area contributed by atoms with E-state index in [-0.39, 0.29) is 5.92 Å². The molecule has 1 aliphatic rings. The van der Waals surface area contributed by atoms with Gasteiger partial charge in [-0.15, -0.1) is 6.58 Å². The molecule has 0 aromatic heterocycles. The van der Waals surface area contributed by atoms with Gasteiger partial charge in [-0.05, 0) is 19.9 Å². The van der Waals surface area contributed by atoms with E-state index >= 15 is 0 Å². The van der Waals surface area contributed by atoms with Crippen LogP contribution in [0.2, 0.25) is 0 Å². The van der Waals surface area contributed by atoms with Gasteiger partial charge in [0.15, 0.2) is 0 Å². The van der Waals surface area contributed by atoms with Crippen molar-refractivity contribution in [3.05, 3.63) is 36.6 Å². The van der Waals surface area contributed by atoms with E-state index in [1.54, 1.807) is 6.21 Å². The smallest absolute Gasteiger partial charge is 0.131 e. The van der Waals surface area contributed by atoms with E-state index in [0.29, 0.717) is 6.67 Å². The number of hydrogen-bond acceptors (Lipinski definition) is 3. The van der Waals surface area contributed by atoms with Gasteiger partial charge < -0.3 is 0 Å². The van der Waals surface area contributed by atoms with E-state index in [2.05, 4.69) is 23.6 Å². The fraction of sp³-hybridized carbons (Fsp3) is 0.385. The Hall–Kier alpha value is -1.64. The fourth-order valence-electron chi connectivity index (χ4n) is 1.51. The molecule has 1 atom stereocenters. The van der Waals surface area contributed by atoms with Crippen LogP contribution in [0.3, 0.4) is 0 Å². The first-order chi connectivity index (χ1) is 7.72. The zero-order valence-corrected chi connectivity index (χ0v) is 10.2.